The third kappa shape index (κ3) is 5.76. The van der Waals surface area contributed by atoms with Crippen LogP contribution in [0.15, 0.2) is 164 Å². The van der Waals surface area contributed by atoms with Crippen LogP contribution in [0.5, 0.6) is 11.5 Å². The van der Waals surface area contributed by atoms with Crippen molar-refractivity contribution in [2.75, 3.05) is 4.90 Å². The van der Waals surface area contributed by atoms with Gasteiger partial charge < -0.3 is 23.8 Å². The first-order valence-electron chi connectivity index (χ1n) is 19.1. The van der Waals surface area contributed by atoms with Gasteiger partial charge in [0.25, 0.3) is 0 Å². The Balaban J connectivity index is 0.00000408. The topological polar surface area (TPSA) is 48.1 Å². The third-order valence-electron chi connectivity index (χ3n) is 11.2. The van der Waals surface area contributed by atoms with Crippen LogP contribution in [0.25, 0.3) is 44.3 Å². The van der Waals surface area contributed by atoms with Gasteiger partial charge in [0, 0.05) is 68.0 Å². The number of benzene rings is 7. The van der Waals surface area contributed by atoms with E-state index in [9.17, 15) is 0 Å². The van der Waals surface area contributed by atoms with Gasteiger partial charge in [0.05, 0.1) is 5.69 Å². The van der Waals surface area contributed by atoms with Gasteiger partial charge in [0.1, 0.15) is 5.82 Å². The molecule has 0 aliphatic carbocycles. The minimum atomic E-state index is 0. The molecule has 1 aliphatic rings. The Hall–Kier alpha value is -6.69. The fourth-order valence-corrected chi connectivity index (χ4v) is 8.71. The number of hydrogen-bond acceptors (Lipinski definition) is 4. The molecule has 58 heavy (non-hydrogen) atoms. The van der Waals surface area contributed by atoms with E-state index < -0.39 is 0 Å². The minimum absolute atomic E-state index is 0. The summed E-state index contributed by atoms with van der Waals surface area (Å²) in [4.78, 5) is 11.8. The molecule has 7 aromatic carbocycles. The first-order chi connectivity index (χ1) is 28.1. The number of nitrogens with zero attached hydrogens (tertiary/aromatic N) is 5. The number of aromatic nitrogens is 4. The van der Waals surface area contributed by atoms with Crippen molar-refractivity contribution in [2.45, 2.75) is 13.8 Å². The second-order valence-electron chi connectivity index (χ2n) is 14.5. The summed E-state index contributed by atoms with van der Waals surface area (Å²) < 4.78 is 10.6. The molecule has 0 atom stereocenters. The van der Waals surface area contributed by atoms with E-state index in [1.807, 2.05) is 59.3 Å². The first kappa shape index (κ1) is 35.7. The molecule has 0 unspecified atom stereocenters. The van der Waals surface area contributed by atoms with Gasteiger partial charge in [-0.3, -0.25) is 0 Å². The van der Waals surface area contributed by atoms with Gasteiger partial charge >= 0.3 is 0 Å². The number of fused-ring (bicyclic) bond motifs is 6. The predicted molar refractivity (Wildman–Crippen MR) is 231 cm³/mol. The van der Waals surface area contributed by atoms with Crippen molar-refractivity contribution in [3.05, 3.63) is 194 Å². The molecule has 3 aromatic heterocycles. The molecular formula is C50H33BN5OPt-3. The van der Waals surface area contributed by atoms with E-state index in [2.05, 4.69) is 156 Å². The zero-order valence-electron chi connectivity index (χ0n) is 31.6. The number of rotatable bonds is 6. The molecule has 4 heterocycles. The molecule has 0 fully saturated rings. The summed E-state index contributed by atoms with van der Waals surface area (Å²) in [5, 5.41) is 2.18. The SMILES string of the molecule is Cc1cccc(C)c1B1c2ccccc2N(c2ccnc(-n3c4[c-]c(Oc5[c-]c(-n6[c-]nc7ccccc76)ccc5)ccc4c4ccccc43)c2)c2ccccc21.[Pt]. The number of pyridine rings is 1. The Labute approximate surface area is 351 Å². The summed E-state index contributed by atoms with van der Waals surface area (Å²) in [5.74, 6) is 1.93. The van der Waals surface area contributed by atoms with Crippen LogP contribution >= 0.6 is 0 Å². The van der Waals surface area contributed by atoms with Crippen LogP contribution in [-0.2, 0) is 21.1 Å². The first-order valence-corrected chi connectivity index (χ1v) is 19.1. The largest absolute Gasteiger partial charge is 0.510 e. The Kier molecular flexibility index (Phi) is 8.84. The maximum atomic E-state index is 6.48. The zero-order valence-corrected chi connectivity index (χ0v) is 33.9. The van der Waals surface area contributed by atoms with Crippen LogP contribution in [0.4, 0.5) is 17.1 Å². The Bertz CT molecular complexity index is 3120. The molecule has 1 aliphatic heterocycles. The summed E-state index contributed by atoms with van der Waals surface area (Å²) in [5.41, 5.74) is 14.4. The van der Waals surface area contributed by atoms with Gasteiger partial charge in [-0.05, 0) is 59.9 Å². The van der Waals surface area contributed by atoms with Crippen molar-refractivity contribution in [1.29, 1.82) is 0 Å². The van der Waals surface area contributed by atoms with E-state index in [4.69, 9.17) is 9.72 Å². The molecule has 0 saturated carbocycles. The maximum absolute atomic E-state index is 6.48. The molecule has 10 aromatic rings. The van der Waals surface area contributed by atoms with Gasteiger partial charge in [0.15, 0.2) is 0 Å². The van der Waals surface area contributed by atoms with Gasteiger partial charge in [-0.2, -0.15) is 24.3 Å². The number of aryl methyl sites for hydroxylation is 2. The van der Waals surface area contributed by atoms with Gasteiger partial charge in [0.2, 0.25) is 6.71 Å². The fraction of sp³-hybridized carbons (Fsp3) is 0.0400. The normalized spacial score (nSPS) is 12.1. The number of hydrogen-bond donors (Lipinski definition) is 0. The molecule has 11 rings (SSSR count). The van der Waals surface area contributed by atoms with Crippen molar-refractivity contribution in [2.24, 2.45) is 0 Å². The van der Waals surface area contributed by atoms with E-state index in [-0.39, 0.29) is 27.8 Å². The van der Waals surface area contributed by atoms with Crippen molar-refractivity contribution in [1.82, 2.24) is 19.1 Å². The second kappa shape index (κ2) is 14.4. The van der Waals surface area contributed by atoms with Crippen molar-refractivity contribution >= 4 is 73.0 Å². The average Bonchev–Trinajstić information content (AvgIpc) is 3.83. The summed E-state index contributed by atoms with van der Waals surface area (Å²) in [6, 6.07) is 61.9. The molecule has 0 saturated heterocycles. The van der Waals surface area contributed by atoms with Gasteiger partial charge in [-0.15, -0.1) is 29.3 Å². The zero-order chi connectivity index (χ0) is 38.0. The summed E-state index contributed by atoms with van der Waals surface area (Å²) >= 11 is 0. The number of imidazole rings is 1. The van der Waals surface area contributed by atoms with Crippen LogP contribution in [0.1, 0.15) is 11.1 Å². The third-order valence-corrected chi connectivity index (χ3v) is 11.2. The van der Waals surface area contributed by atoms with Crippen LogP contribution in [0.3, 0.4) is 0 Å². The molecule has 8 heteroatoms. The van der Waals surface area contributed by atoms with Crippen molar-refractivity contribution < 1.29 is 25.8 Å². The molecule has 0 bridgehead atoms. The Morgan fingerprint density at radius 2 is 1.28 bits per heavy atom. The Morgan fingerprint density at radius 1 is 0.603 bits per heavy atom. The quantitative estimate of drug-likeness (QED) is 0.123. The van der Waals surface area contributed by atoms with Crippen molar-refractivity contribution in [3.63, 3.8) is 0 Å². The maximum Gasteiger partial charge on any atom is 0.247 e. The van der Waals surface area contributed by atoms with Crippen LogP contribution in [-0.4, -0.2) is 25.8 Å². The standard InChI is InChI=1S/C50H33BN5O.Pt/c1-33-13-11-14-34(2)50(33)51-41-18-4-8-22-45(41)55(46-23-9-5-19-42(46)51)36-27-28-52-49(30-36)56-44-21-7-3-17-39(44)40-26-25-38(31-48(40)56)57-37-16-12-15-35(29-37)54-32-53-43-20-6-10-24-47(43)54;/h3-28,30H,1-2H3;/q-3;. The smallest absolute Gasteiger partial charge is 0.247 e. The van der Waals surface area contributed by atoms with Crippen LogP contribution in [0, 0.1) is 32.3 Å². The molecule has 6 nitrogen and oxygen atoms in total. The van der Waals surface area contributed by atoms with E-state index in [1.165, 1.54) is 27.5 Å². The molecule has 0 spiro atoms. The Morgan fingerprint density at radius 3 is 2.07 bits per heavy atom. The van der Waals surface area contributed by atoms with Gasteiger partial charge in [-0.1, -0.05) is 125 Å². The summed E-state index contributed by atoms with van der Waals surface area (Å²) in [6.45, 7) is 4.56. The molecule has 280 valence electrons. The van der Waals surface area contributed by atoms with Crippen LogP contribution in [0.2, 0.25) is 0 Å². The van der Waals surface area contributed by atoms with Gasteiger partial charge in [-0.25, -0.2) is 4.98 Å². The summed E-state index contributed by atoms with van der Waals surface area (Å²) in [7, 11) is 0. The van der Waals surface area contributed by atoms with E-state index in [0.717, 1.165) is 61.4 Å². The van der Waals surface area contributed by atoms with Crippen LogP contribution < -0.4 is 26.0 Å². The number of para-hydroxylation sites is 5. The van der Waals surface area contributed by atoms with E-state index in [1.54, 1.807) is 0 Å². The minimum Gasteiger partial charge on any atom is -0.510 e. The monoisotopic (exact) mass is 925 g/mol. The molecule has 0 radical (unpaired) electrons. The van der Waals surface area contributed by atoms with E-state index >= 15 is 0 Å². The second-order valence-corrected chi connectivity index (χ2v) is 14.5. The average molecular weight is 926 g/mol. The summed E-state index contributed by atoms with van der Waals surface area (Å²) in [6.07, 6.45) is 5.01. The van der Waals surface area contributed by atoms with Crippen molar-refractivity contribution in [3.8, 4) is 23.0 Å². The molecule has 0 amide bonds. The number of anilines is 3. The van der Waals surface area contributed by atoms with E-state index in [0.29, 0.717) is 11.5 Å². The predicted octanol–water partition coefficient (Wildman–Crippen LogP) is 9.62. The molecular weight excluding hydrogens is 892 g/mol. The number of ether oxygens (including phenoxy) is 1. The molecule has 0 N–H and O–H groups in total. The fourth-order valence-electron chi connectivity index (χ4n) is 8.71.